The summed E-state index contributed by atoms with van der Waals surface area (Å²) in [6, 6.07) is 4.80. The highest BCUT2D eigenvalue weighted by Gasteiger charge is 2.23. The van der Waals surface area contributed by atoms with Gasteiger partial charge in [0, 0.05) is 18.1 Å². The molecule has 0 spiro atoms. The van der Waals surface area contributed by atoms with Crippen molar-refractivity contribution >= 4 is 51.1 Å². The molecule has 1 aliphatic heterocycles. The second kappa shape index (κ2) is 16.9. The molecule has 2 N–H and O–H groups in total. The summed E-state index contributed by atoms with van der Waals surface area (Å²) in [5.74, 6) is 2.37. The van der Waals surface area contributed by atoms with Crippen LogP contribution in [0.15, 0.2) is 76.3 Å². The van der Waals surface area contributed by atoms with Crippen molar-refractivity contribution < 1.29 is 4.39 Å². The number of nitrogens with zero attached hydrogens (tertiary/aromatic N) is 3. The lowest BCUT2D eigenvalue weighted by atomic mass is 10.0. The van der Waals surface area contributed by atoms with E-state index in [1.807, 2.05) is 42.2 Å². The van der Waals surface area contributed by atoms with Crippen molar-refractivity contribution in [1.82, 2.24) is 19.4 Å². The van der Waals surface area contributed by atoms with Crippen molar-refractivity contribution in [3.8, 4) is 0 Å². The van der Waals surface area contributed by atoms with E-state index in [0.717, 1.165) is 35.6 Å². The van der Waals surface area contributed by atoms with E-state index < -0.39 is 0 Å². The number of hydrogen-bond acceptors (Lipinski definition) is 5. The lowest BCUT2D eigenvalue weighted by Crippen LogP contribution is -2.32. The number of anilines is 1. The molecule has 0 saturated carbocycles. The molecule has 2 heterocycles. The van der Waals surface area contributed by atoms with Crippen molar-refractivity contribution in [2.24, 2.45) is 5.92 Å². The first-order valence-corrected chi connectivity index (χ1v) is 14.9. The first-order valence-electron chi connectivity index (χ1n) is 13.0. The molecular formula is C29H40BrClFN5S. The van der Waals surface area contributed by atoms with E-state index in [1.165, 1.54) is 36.4 Å². The Labute approximate surface area is 245 Å². The van der Waals surface area contributed by atoms with Gasteiger partial charge in [-0.1, -0.05) is 63.1 Å². The number of aromatic nitrogens is 2. The second-order valence-corrected chi connectivity index (χ2v) is 11.6. The third-order valence-corrected chi connectivity index (χ3v) is 7.73. The molecule has 1 aliphatic rings. The summed E-state index contributed by atoms with van der Waals surface area (Å²) in [5, 5.41) is 12.1. The Balaban J connectivity index is 0.000000328. The van der Waals surface area contributed by atoms with Gasteiger partial charge in [-0.15, -0.1) is 6.58 Å². The zero-order valence-corrected chi connectivity index (χ0v) is 26.1. The molecule has 2 aromatic rings. The third-order valence-electron chi connectivity index (χ3n) is 5.81. The van der Waals surface area contributed by atoms with Crippen LogP contribution in [0.25, 0.3) is 5.82 Å². The molecule has 0 bridgehead atoms. The molecule has 0 radical (unpaired) electrons. The first-order chi connectivity index (χ1) is 18.2. The largest absolute Gasteiger partial charge is 0.370 e. The molecule has 0 fully saturated rings. The van der Waals surface area contributed by atoms with Crippen LogP contribution >= 0.6 is 39.5 Å². The van der Waals surface area contributed by atoms with E-state index in [0.29, 0.717) is 15.8 Å². The van der Waals surface area contributed by atoms with Gasteiger partial charge in [0.15, 0.2) is 0 Å². The van der Waals surface area contributed by atoms with Gasteiger partial charge in [-0.2, -0.15) is 5.10 Å². The summed E-state index contributed by atoms with van der Waals surface area (Å²) in [7, 11) is 1.92. The van der Waals surface area contributed by atoms with Crippen LogP contribution in [0, 0.1) is 11.7 Å². The van der Waals surface area contributed by atoms with Crippen molar-refractivity contribution in [1.29, 1.82) is 0 Å². The molecule has 2 unspecified atom stereocenters. The van der Waals surface area contributed by atoms with E-state index in [9.17, 15) is 4.39 Å². The van der Waals surface area contributed by atoms with Gasteiger partial charge in [0.05, 0.1) is 21.6 Å². The van der Waals surface area contributed by atoms with Crippen LogP contribution in [0.3, 0.4) is 0 Å². The maximum atomic E-state index is 13.2. The van der Waals surface area contributed by atoms with Crippen molar-refractivity contribution in [2.45, 2.75) is 57.9 Å². The van der Waals surface area contributed by atoms with Crippen LogP contribution in [-0.4, -0.2) is 40.3 Å². The van der Waals surface area contributed by atoms with Crippen LogP contribution in [-0.2, 0) is 0 Å². The number of allylic oxidation sites excluding steroid dienone is 3. The number of fused-ring (bicyclic) bond motifs is 1. The van der Waals surface area contributed by atoms with Gasteiger partial charge in [-0.3, -0.25) is 0 Å². The number of rotatable bonds is 12. The van der Waals surface area contributed by atoms with Crippen LogP contribution < -0.4 is 10.6 Å². The lowest BCUT2D eigenvalue weighted by molar-refractivity contribution is 0.504. The molecule has 38 heavy (non-hydrogen) atoms. The smallest absolute Gasteiger partial charge is 0.146 e. The standard InChI is InChI=1S/C20H29BrN4.C9H11ClFNS/c1-5-8-11-16(10-7-3)18-12-19(22-13-15(4)9-6-2)25-20(24-18)17(21)14-23-25;1-3-12(2)13-9-5-4-7(10)6-8(9)11/h5,7,10-12,14-15,18,22,24H,1,6,8-9,13H2,2-4H3;4-6H,3H2,1-2H3/b10-7-,16-11+;. The first kappa shape index (κ1) is 32.2. The van der Waals surface area contributed by atoms with E-state index in [1.54, 1.807) is 12.1 Å². The Kier molecular flexibility index (Phi) is 14.3. The van der Waals surface area contributed by atoms with E-state index in [4.69, 9.17) is 11.6 Å². The maximum Gasteiger partial charge on any atom is 0.146 e. The SMILES string of the molecule is C=CC/C=C(\C=C/C)C1C=C(NCC(C)CCC)n2ncc(Br)c2N1.CCN(C)Sc1ccc(Cl)cc1F. The quantitative estimate of drug-likeness (QED) is 0.140. The Morgan fingerprint density at radius 1 is 1.42 bits per heavy atom. The fourth-order valence-electron chi connectivity index (χ4n) is 3.74. The lowest BCUT2D eigenvalue weighted by Gasteiger charge is -2.27. The van der Waals surface area contributed by atoms with Crippen molar-refractivity contribution in [3.05, 3.63) is 82.2 Å². The topological polar surface area (TPSA) is 45.1 Å². The van der Waals surface area contributed by atoms with E-state index in [2.05, 4.69) is 76.4 Å². The fraction of sp³-hybridized carbons (Fsp3) is 0.414. The van der Waals surface area contributed by atoms with Crippen LogP contribution in [0.1, 0.15) is 47.0 Å². The summed E-state index contributed by atoms with van der Waals surface area (Å²) in [6.45, 7) is 14.2. The molecule has 5 nitrogen and oxygen atoms in total. The minimum Gasteiger partial charge on any atom is -0.370 e. The Morgan fingerprint density at radius 3 is 2.82 bits per heavy atom. The van der Waals surface area contributed by atoms with E-state index >= 15 is 0 Å². The minimum absolute atomic E-state index is 0.0978. The monoisotopic (exact) mass is 623 g/mol. The van der Waals surface area contributed by atoms with Gasteiger partial charge in [-0.05, 0) is 90.5 Å². The van der Waals surface area contributed by atoms with Gasteiger partial charge in [0.1, 0.15) is 17.5 Å². The van der Waals surface area contributed by atoms with Gasteiger partial charge in [0.2, 0.25) is 0 Å². The summed E-state index contributed by atoms with van der Waals surface area (Å²) >= 11 is 10.6. The fourth-order valence-corrected chi connectivity index (χ4v) is 5.01. The highest BCUT2D eigenvalue weighted by Crippen LogP contribution is 2.31. The van der Waals surface area contributed by atoms with Gasteiger partial charge < -0.3 is 10.6 Å². The van der Waals surface area contributed by atoms with Gasteiger partial charge in [-0.25, -0.2) is 13.4 Å². The summed E-state index contributed by atoms with van der Waals surface area (Å²) < 4.78 is 18.1. The Bertz CT molecular complexity index is 1130. The van der Waals surface area contributed by atoms with Crippen LogP contribution in [0.2, 0.25) is 5.02 Å². The molecule has 1 aromatic carbocycles. The van der Waals surface area contributed by atoms with Crippen LogP contribution in [0.5, 0.6) is 0 Å². The molecule has 208 valence electrons. The molecule has 9 heteroatoms. The normalized spacial score (nSPS) is 15.9. The summed E-state index contributed by atoms with van der Waals surface area (Å²) in [4.78, 5) is 0.605. The highest BCUT2D eigenvalue weighted by atomic mass is 79.9. The van der Waals surface area contributed by atoms with Crippen molar-refractivity contribution in [3.63, 3.8) is 0 Å². The highest BCUT2D eigenvalue weighted by molar-refractivity contribution is 9.10. The van der Waals surface area contributed by atoms with Gasteiger partial charge in [0.25, 0.3) is 0 Å². The molecule has 3 rings (SSSR count). The molecule has 0 amide bonds. The molecule has 0 saturated heterocycles. The molecule has 0 aliphatic carbocycles. The zero-order chi connectivity index (χ0) is 28.1. The molecular weight excluding hydrogens is 585 g/mol. The summed E-state index contributed by atoms with van der Waals surface area (Å²) in [6.07, 6.45) is 15.7. The predicted molar refractivity (Wildman–Crippen MR) is 167 cm³/mol. The third kappa shape index (κ3) is 9.95. The molecule has 2 atom stereocenters. The number of benzene rings is 1. The second-order valence-electron chi connectivity index (χ2n) is 9.04. The Hall–Kier alpha value is -2.00. The average molecular weight is 625 g/mol. The zero-order valence-electron chi connectivity index (χ0n) is 23.0. The van der Waals surface area contributed by atoms with Crippen molar-refractivity contribution in [2.75, 3.05) is 25.5 Å². The maximum absolute atomic E-state index is 13.2. The van der Waals surface area contributed by atoms with Crippen LogP contribution in [0.4, 0.5) is 10.2 Å². The number of halogens is 3. The van der Waals surface area contributed by atoms with Gasteiger partial charge >= 0.3 is 0 Å². The van der Waals surface area contributed by atoms with E-state index in [-0.39, 0.29) is 11.9 Å². The Morgan fingerprint density at radius 2 is 2.18 bits per heavy atom. The minimum atomic E-state index is -0.266. The summed E-state index contributed by atoms with van der Waals surface area (Å²) in [5.41, 5.74) is 1.22. The number of hydrogen-bond donors (Lipinski definition) is 2. The average Bonchev–Trinajstić information content (AvgIpc) is 3.27. The predicted octanol–water partition coefficient (Wildman–Crippen LogP) is 8.78. The number of nitrogens with one attached hydrogen (secondary N) is 2. The molecule has 1 aromatic heterocycles.